The Morgan fingerprint density at radius 1 is 0.857 bits per heavy atom. The van der Waals surface area contributed by atoms with Gasteiger partial charge >= 0.3 is 0 Å². The standard InChI is InChI=1S/C18H20O3/c1-13-9-5-7-11-15(13)17(19)18(20-3,21-4)16-12-8-6-10-14(16)2/h5-12H,1-4H3. The van der Waals surface area contributed by atoms with Gasteiger partial charge in [-0.1, -0.05) is 48.5 Å². The molecule has 2 aromatic carbocycles. The first-order chi connectivity index (χ1) is 10.1. The highest BCUT2D eigenvalue weighted by Gasteiger charge is 2.42. The minimum absolute atomic E-state index is 0.195. The van der Waals surface area contributed by atoms with Crippen LogP contribution in [0.25, 0.3) is 0 Å². The van der Waals surface area contributed by atoms with E-state index in [0.29, 0.717) is 5.56 Å². The van der Waals surface area contributed by atoms with Crippen LogP contribution >= 0.6 is 0 Å². The van der Waals surface area contributed by atoms with Gasteiger partial charge in [0.15, 0.2) is 0 Å². The van der Waals surface area contributed by atoms with Crippen LogP contribution in [0.5, 0.6) is 0 Å². The van der Waals surface area contributed by atoms with Crippen LogP contribution in [-0.4, -0.2) is 20.0 Å². The van der Waals surface area contributed by atoms with Crippen molar-refractivity contribution in [1.82, 2.24) is 0 Å². The SMILES string of the molecule is COC(OC)(C(=O)c1ccccc1C)c1ccccc1C. The number of methoxy groups -OCH3 is 2. The molecule has 0 unspecified atom stereocenters. The second-order valence-corrected chi connectivity index (χ2v) is 4.98. The number of aryl methyl sites for hydroxylation is 2. The Morgan fingerprint density at radius 2 is 1.38 bits per heavy atom. The molecule has 3 nitrogen and oxygen atoms in total. The summed E-state index contributed by atoms with van der Waals surface area (Å²) in [5.41, 5.74) is 3.17. The van der Waals surface area contributed by atoms with E-state index in [2.05, 4.69) is 0 Å². The molecule has 3 heteroatoms. The summed E-state index contributed by atoms with van der Waals surface area (Å²) >= 11 is 0. The molecule has 0 saturated carbocycles. The first kappa shape index (κ1) is 15.4. The van der Waals surface area contributed by atoms with Crippen molar-refractivity contribution >= 4 is 5.78 Å². The number of Topliss-reactive ketones (excluding diaryl/α,β-unsaturated/α-hetero) is 1. The summed E-state index contributed by atoms with van der Waals surface area (Å²) in [5, 5.41) is 0. The second-order valence-electron chi connectivity index (χ2n) is 4.98. The Labute approximate surface area is 125 Å². The van der Waals surface area contributed by atoms with Gasteiger partial charge in [-0.2, -0.15) is 0 Å². The molecule has 21 heavy (non-hydrogen) atoms. The number of hydrogen-bond acceptors (Lipinski definition) is 3. The normalized spacial score (nSPS) is 11.4. The zero-order valence-electron chi connectivity index (χ0n) is 12.8. The lowest BCUT2D eigenvalue weighted by molar-refractivity contribution is -0.176. The maximum Gasteiger partial charge on any atom is 0.261 e. The van der Waals surface area contributed by atoms with E-state index >= 15 is 0 Å². The van der Waals surface area contributed by atoms with Gasteiger partial charge in [0.1, 0.15) is 0 Å². The van der Waals surface area contributed by atoms with E-state index in [1.165, 1.54) is 14.2 Å². The fourth-order valence-corrected chi connectivity index (χ4v) is 2.56. The third kappa shape index (κ3) is 2.62. The van der Waals surface area contributed by atoms with Crippen molar-refractivity contribution in [2.75, 3.05) is 14.2 Å². The van der Waals surface area contributed by atoms with Crippen molar-refractivity contribution in [2.24, 2.45) is 0 Å². The molecule has 110 valence electrons. The highest BCUT2D eigenvalue weighted by atomic mass is 16.7. The quantitative estimate of drug-likeness (QED) is 0.621. The predicted octanol–water partition coefficient (Wildman–Crippen LogP) is 3.63. The number of rotatable bonds is 5. The highest BCUT2D eigenvalue weighted by Crippen LogP contribution is 2.33. The van der Waals surface area contributed by atoms with Gasteiger partial charge in [-0.3, -0.25) is 4.79 Å². The number of hydrogen-bond donors (Lipinski definition) is 0. The first-order valence-electron chi connectivity index (χ1n) is 6.83. The van der Waals surface area contributed by atoms with Gasteiger partial charge in [-0.05, 0) is 25.0 Å². The Morgan fingerprint density at radius 3 is 1.90 bits per heavy atom. The fraction of sp³-hybridized carbons (Fsp3) is 0.278. The molecule has 0 radical (unpaired) electrons. The van der Waals surface area contributed by atoms with E-state index in [1.54, 1.807) is 6.07 Å². The highest BCUT2D eigenvalue weighted by molar-refractivity contribution is 6.03. The molecule has 0 atom stereocenters. The third-order valence-corrected chi connectivity index (χ3v) is 3.76. The van der Waals surface area contributed by atoms with Gasteiger partial charge in [0, 0.05) is 25.3 Å². The maximum atomic E-state index is 13.1. The van der Waals surface area contributed by atoms with Crippen LogP contribution in [0.2, 0.25) is 0 Å². The van der Waals surface area contributed by atoms with Gasteiger partial charge < -0.3 is 9.47 Å². The lowest BCUT2D eigenvalue weighted by Crippen LogP contribution is -2.41. The van der Waals surface area contributed by atoms with E-state index in [1.807, 2.05) is 56.3 Å². The molecule has 0 saturated heterocycles. The average Bonchev–Trinajstić information content (AvgIpc) is 2.51. The molecule has 0 N–H and O–H groups in total. The Balaban J connectivity index is 2.61. The number of ether oxygens (including phenoxy) is 2. The van der Waals surface area contributed by atoms with Crippen LogP contribution in [0.1, 0.15) is 27.0 Å². The lowest BCUT2D eigenvalue weighted by atomic mass is 9.91. The molecule has 0 aliphatic carbocycles. The number of ketones is 1. The first-order valence-corrected chi connectivity index (χ1v) is 6.83. The van der Waals surface area contributed by atoms with Crippen molar-refractivity contribution in [3.05, 3.63) is 70.8 Å². The van der Waals surface area contributed by atoms with Crippen molar-refractivity contribution in [2.45, 2.75) is 19.6 Å². The van der Waals surface area contributed by atoms with Crippen molar-refractivity contribution < 1.29 is 14.3 Å². The van der Waals surface area contributed by atoms with Crippen LogP contribution in [0.3, 0.4) is 0 Å². The lowest BCUT2D eigenvalue weighted by Gasteiger charge is -2.31. The third-order valence-electron chi connectivity index (χ3n) is 3.76. The van der Waals surface area contributed by atoms with Crippen molar-refractivity contribution in [3.8, 4) is 0 Å². The minimum atomic E-state index is -1.42. The molecular formula is C18H20O3. The zero-order chi connectivity index (χ0) is 15.5. The number of benzene rings is 2. The fourth-order valence-electron chi connectivity index (χ4n) is 2.56. The second kappa shape index (κ2) is 6.20. The van der Waals surface area contributed by atoms with Crippen molar-refractivity contribution in [1.29, 1.82) is 0 Å². The molecule has 0 amide bonds. The Kier molecular flexibility index (Phi) is 4.56. The molecule has 2 aromatic rings. The number of carbonyl (C=O) groups excluding carboxylic acids is 1. The van der Waals surface area contributed by atoms with Crippen molar-refractivity contribution in [3.63, 3.8) is 0 Å². The Bertz CT molecular complexity index is 642. The van der Waals surface area contributed by atoms with Crippen LogP contribution in [0.4, 0.5) is 0 Å². The average molecular weight is 284 g/mol. The van der Waals surface area contributed by atoms with E-state index in [9.17, 15) is 4.79 Å². The van der Waals surface area contributed by atoms with Gasteiger partial charge in [0.05, 0.1) is 0 Å². The largest absolute Gasteiger partial charge is 0.343 e. The van der Waals surface area contributed by atoms with E-state index in [4.69, 9.17) is 9.47 Å². The topological polar surface area (TPSA) is 35.5 Å². The van der Waals surface area contributed by atoms with E-state index < -0.39 is 5.79 Å². The summed E-state index contributed by atoms with van der Waals surface area (Å²) in [6.07, 6.45) is 0. The molecule has 0 aliphatic heterocycles. The zero-order valence-corrected chi connectivity index (χ0v) is 12.8. The Hall–Kier alpha value is -1.97. The summed E-state index contributed by atoms with van der Waals surface area (Å²) in [6, 6.07) is 15.0. The van der Waals surface area contributed by atoms with Gasteiger partial charge in [-0.25, -0.2) is 0 Å². The molecule has 0 bridgehead atoms. The summed E-state index contributed by atoms with van der Waals surface area (Å²) in [6.45, 7) is 3.84. The van der Waals surface area contributed by atoms with E-state index in [0.717, 1.165) is 16.7 Å². The predicted molar refractivity (Wildman–Crippen MR) is 82.4 cm³/mol. The van der Waals surface area contributed by atoms with Crippen LogP contribution < -0.4 is 0 Å². The van der Waals surface area contributed by atoms with Crippen LogP contribution in [0.15, 0.2) is 48.5 Å². The van der Waals surface area contributed by atoms with Crippen LogP contribution in [-0.2, 0) is 15.3 Å². The minimum Gasteiger partial charge on any atom is -0.343 e. The van der Waals surface area contributed by atoms with Gasteiger partial charge in [-0.15, -0.1) is 0 Å². The molecule has 0 spiro atoms. The summed E-state index contributed by atoms with van der Waals surface area (Å²) in [5.74, 6) is -1.61. The van der Waals surface area contributed by atoms with Gasteiger partial charge in [0.25, 0.3) is 5.79 Å². The monoisotopic (exact) mass is 284 g/mol. The van der Waals surface area contributed by atoms with E-state index in [-0.39, 0.29) is 5.78 Å². The van der Waals surface area contributed by atoms with Crippen LogP contribution in [0, 0.1) is 13.8 Å². The smallest absolute Gasteiger partial charge is 0.261 e. The summed E-state index contributed by atoms with van der Waals surface area (Å²) in [7, 11) is 2.98. The molecule has 0 heterocycles. The molecule has 0 aliphatic rings. The summed E-state index contributed by atoms with van der Waals surface area (Å²) < 4.78 is 11.1. The molecule has 2 rings (SSSR count). The molecule has 0 fully saturated rings. The van der Waals surface area contributed by atoms with Gasteiger partial charge in [0.2, 0.25) is 5.78 Å². The molecule has 0 aromatic heterocycles. The number of carbonyl (C=O) groups is 1. The maximum absolute atomic E-state index is 13.1. The summed E-state index contributed by atoms with van der Waals surface area (Å²) in [4.78, 5) is 13.1. The molecular weight excluding hydrogens is 264 g/mol.